The van der Waals surface area contributed by atoms with Gasteiger partial charge in [-0.25, -0.2) is 0 Å². The molecule has 194 valence electrons. The number of carbonyl (C=O) groups is 2. The average molecular weight is 529 g/mol. The lowest BCUT2D eigenvalue weighted by molar-refractivity contribution is -0.118. The lowest BCUT2D eigenvalue weighted by Crippen LogP contribution is -2.33. The van der Waals surface area contributed by atoms with Crippen molar-refractivity contribution in [1.29, 1.82) is 0 Å². The van der Waals surface area contributed by atoms with E-state index in [0.29, 0.717) is 23.9 Å². The van der Waals surface area contributed by atoms with E-state index in [1.165, 1.54) is 11.3 Å². The molecular formula is C27H28N8O2S. The summed E-state index contributed by atoms with van der Waals surface area (Å²) in [6.45, 7) is 3.64. The Morgan fingerprint density at radius 3 is 2.61 bits per heavy atom. The molecule has 0 unspecified atom stereocenters. The van der Waals surface area contributed by atoms with Gasteiger partial charge in [0.25, 0.3) is 0 Å². The van der Waals surface area contributed by atoms with E-state index >= 15 is 0 Å². The number of ketones is 1. The molecule has 1 aromatic carbocycles. The van der Waals surface area contributed by atoms with Gasteiger partial charge < -0.3 is 10.2 Å². The summed E-state index contributed by atoms with van der Waals surface area (Å²) < 4.78 is 0. The van der Waals surface area contributed by atoms with Crippen molar-refractivity contribution in [3.8, 4) is 0 Å². The number of hydrogen-bond donors (Lipinski definition) is 1. The second-order valence-electron chi connectivity index (χ2n) is 9.38. The maximum absolute atomic E-state index is 12.4. The van der Waals surface area contributed by atoms with Gasteiger partial charge in [-0.05, 0) is 37.5 Å². The zero-order chi connectivity index (χ0) is 26.3. The first kappa shape index (κ1) is 25.5. The fourth-order valence-corrected chi connectivity index (χ4v) is 5.51. The van der Waals surface area contributed by atoms with Crippen LogP contribution >= 0.6 is 11.3 Å². The molecule has 1 aliphatic heterocycles. The number of aromatic nitrogens is 6. The first-order valence-corrected chi connectivity index (χ1v) is 13.4. The minimum Gasteiger partial charge on any atom is -0.355 e. The van der Waals surface area contributed by atoms with E-state index in [0.717, 1.165) is 52.9 Å². The molecule has 1 fully saturated rings. The Bertz CT molecular complexity index is 1390. The number of amides is 1. The van der Waals surface area contributed by atoms with Gasteiger partial charge in [-0.1, -0.05) is 29.8 Å². The van der Waals surface area contributed by atoms with E-state index < -0.39 is 0 Å². The van der Waals surface area contributed by atoms with Crippen molar-refractivity contribution in [2.75, 3.05) is 23.3 Å². The van der Waals surface area contributed by atoms with Crippen LogP contribution in [0, 0.1) is 6.92 Å². The summed E-state index contributed by atoms with van der Waals surface area (Å²) in [6, 6.07) is 11.6. The molecular weight excluding hydrogens is 500 g/mol. The summed E-state index contributed by atoms with van der Waals surface area (Å²) in [6.07, 6.45) is 7.42. The average Bonchev–Trinajstić information content (AvgIpc) is 3.38. The van der Waals surface area contributed by atoms with Crippen LogP contribution in [0.5, 0.6) is 0 Å². The number of anilines is 2. The monoisotopic (exact) mass is 528 g/mol. The Labute approximate surface area is 224 Å². The predicted molar refractivity (Wildman–Crippen MR) is 144 cm³/mol. The molecule has 1 N–H and O–H groups in total. The van der Waals surface area contributed by atoms with Crippen LogP contribution in [0.1, 0.15) is 45.6 Å². The van der Waals surface area contributed by atoms with Gasteiger partial charge >= 0.3 is 0 Å². The van der Waals surface area contributed by atoms with Gasteiger partial charge in [0.2, 0.25) is 5.91 Å². The minimum absolute atomic E-state index is 0.0522. The highest BCUT2D eigenvalue weighted by molar-refractivity contribution is 7.11. The number of aryl methyl sites for hydroxylation is 1. The molecule has 1 aliphatic rings. The van der Waals surface area contributed by atoms with Crippen LogP contribution in [0.3, 0.4) is 0 Å². The number of nitrogens with zero attached hydrogens (tertiary/aromatic N) is 7. The maximum Gasteiger partial charge on any atom is 0.229 e. The van der Waals surface area contributed by atoms with Gasteiger partial charge in [-0.3, -0.25) is 19.6 Å². The standard InChI is InChI=1S/C27H28N8O2S/c1-18-3-2-4-19(13-18)14-25(37)30-23-5-6-24(32-31-23)35-11-7-20(8-12-35)27-34-33-26(38-27)16-22(36)15-21-17-28-9-10-29-21/h2-6,9-10,13,17,20H,7-8,11-12,14-16H2,1H3,(H,30,31,37). The van der Waals surface area contributed by atoms with E-state index in [1.54, 1.807) is 24.7 Å². The molecule has 1 saturated heterocycles. The summed E-state index contributed by atoms with van der Waals surface area (Å²) in [5.74, 6) is 1.46. The summed E-state index contributed by atoms with van der Waals surface area (Å²) in [4.78, 5) is 35.1. The molecule has 0 aliphatic carbocycles. The lowest BCUT2D eigenvalue weighted by Gasteiger charge is -2.31. The summed E-state index contributed by atoms with van der Waals surface area (Å²) in [5, 5.41) is 21.7. The van der Waals surface area contributed by atoms with Gasteiger partial charge in [-0.2, -0.15) is 0 Å². The first-order valence-electron chi connectivity index (χ1n) is 12.5. The molecule has 5 rings (SSSR count). The molecule has 3 aromatic heterocycles. The highest BCUT2D eigenvalue weighted by Crippen LogP contribution is 2.31. The Morgan fingerprint density at radius 1 is 1.00 bits per heavy atom. The molecule has 4 heterocycles. The van der Waals surface area contributed by atoms with Crippen LogP contribution in [-0.2, 0) is 28.9 Å². The van der Waals surface area contributed by atoms with E-state index in [9.17, 15) is 9.59 Å². The Morgan fingerprint density at radius 2 is 1.87 bits per heavy atom. The molecule has 0 spiro atoms. The topological polar surface area (TPSA) is 127 Å². The second-order valence-corrected chi connectivity index (χ2v) is 10.5. The van der Waals surface area contributed by atoms with Crippen molar-refractivity contribution in [1.82, 2.24) is 30.4 Å². The Kier molecular flexibility index (Phi) is 8.03. The number of rotatable bonds is 9. The van der Waals surface area contributed by atoms with Crippen molar-refractivity contribution in [3.63, 3.8) is 0 Å². The normalized spacial score (nSPS) is 13.9. The van der Waals surface area contributed by atoms with Crippen LogP contribution < -0.4 is 10.2 Å². The number of benzene rings is 1. The fraction of sp³-hybridized carbons (Fsp3) is 0.333. The highest BCUT2D eigenvalue weighted by Gasteiger charge is 2.25. The summed E-state index contributed by atoms with van der Waals surface area (Å²) in [5.41, 5.74) is 2.75. The minimum atomic E-state index is -0.120. The molecule has 11 heteroatoms. The second kappa shape index (κ2) is 12.0. The zero-order valence-electron chi connectivity index (χ0n) is 21.1. The number of carbonyl (C=O) groups excluding carboxylic acids is 2. The van der Waals surface area contributed by atoms with Crippen molar-refractivity contribution in [2.45, 2.75) is 44.9 Å². The Hall–Kier alpha value is -4.12. The van der Waals surface area contributed by atoms with Crippen molar-refractivity contribution < 1.29 is 9.59 Å². The number of hydrogen-bond acceptors (Lipinski definition) is 10. The van der Waals surface area contributed by atoms with E-state index in [-0.39, 0.29) is 24.5 Å². The third-order valence-electron chi connectivity index (χ3n) is 6.36. The number of Topliss-reactive ketones (excluding diaryl/α,β-unsaturated/α-hetero) is 1. The van der Waals surface area contributed by atoms with Crippen molar-refractivity contribution >= 4 is 34.7 Å². The third kappa shape index (κ3) is 6.80. The van der Waals surface area contributed by atoms with Crippen LogP contribution in [0.15, 0.2) is 55.0 Å². The van der Waals surface area contributed by atoms with Gasteiger partial charge in [0.15, 0.2) is 11.6 Å². The molecule has 0 saturated carbocycles. The van der Waals surface area contributed by atoms with E-state index in [1.807, 2.05) is 37.3 Å². The molecule has 0 atom stereocenters. The maximum atomic E-state index is 12.4. The molecule has 38 heavy (non-hydrogen) atoms. The van der Waals surface area contributed by atoms with Crippen LogP contribution in [0.4, 0.5) is 11.6 Å². The van der Waals surface area contributed by atoms with Gasteiger partial charge in [0.1, 0.15) is 15.8 Å². The third-order valence-corrected chi connectivity index (χ3v) is 7.44. The van der Waals surface area contributed by atoms with Crippen molar-refractivity contribution in [2.24, 2.45) is 0 Å². The summed E-state index contributed by atoms with van der Waals surface area (Å²) in [7, 11) is 0. The highest BCUT2D eigenvalue weighted by atomic mass is 32.1. The summed E-state index contributed by atoms with van der Waals surface area (Å²) >= 11 is 1.52. The van der Waals surface area contributed by atoms with Crippen LogP contribution in [-0.4, -0.2) is 55.1 Å². The largest absolute Gasteiger partial charge is 0.355 e. The van der Waals surface area contributed by atoms with Gasteiger partial charge in [-0.15, -0.1) is 31.7 Å². The number of nitrogens with one attached hydrogen (secondary N) is 1. The van der Waals surface area contributed by atoms with Gasteiger partial charge in [0, 0.05) is 37.6 Å². The van der Waals surface area contributed by atoms with Crippen LogP contribution in [0.25, 0.3) is 0 Å². The lowest BCUT2D eigenvalue weighted by atomic mass is 9.98. The predicted octanol–water partition coefficient (Wildman–Crippen LogP) is 3.35. The molecule has 0 bridgehead atoms. The van der Waals surface area contributed by atoms with Crippen LogP contribution in [0.2, 0.25) is 0 Å². The molecule has 0 radical (unpaired) electrons. The zero-order valence-corrected chi connectivity index (χ0v) is 21.9. The Balaban J connectivity index is 1.09. The quantitative estimate of drug-likeness (QED) is 0.348. The van der Waals surface area contributed by atoms with Crippen molar-refractivity contribution in [3.05, 3.63) is 81.8 Å². The number of piperidine rings is 1. The smallest absolute Gasteiger partial charge is 0.229 e. The molecule has 10 nitrogen and oxygen atoms in total. The van der Waals surface area contributed by atoms with E-state index in [2.05, 4.69) is 40.6 Å². The SMILES string of the molecule is Cc1cccc(CC(=O)Nc2ccc(N3CCC(c4nnc(CC(=O)Cc5cnccn5)s4)CC3)nn2)c1. The fourth-order valence-electron chi connectivity index (χ4n) is 4.47. The molecule has 1 amide bonds. The first-order chi connectivity index (χ1) is 18.5. The van der Waals surface area contributed by atoms with Gasteiger partial charge in [0.05, 0.1) is 25.0 Å². The molecule has 4 aromatic rings. The van der Waals surface area contributed by atoms with E-state index in [4.69, 9.17) is 0 Å².